The molecule has 2 atom stereocenters. The van der Waals surface area contributed by atoms with Crippen LogP contribution in [0.15, 0.2) is 64.2 Å². The minimum Gasteiger partial charge on any atom is -0.435 e. The van der Waals surface area contributed by atoms with Gasteiger partial charge >= 0.3 is 6.61 Å². The van der Waals surface area contributed by atoms with Gasteiger partial charge in [0.15, 0.2) is 0 Å². The Hall–Kier alpha value is -2.94. The van der Waals surface area contributed by atoms with Crippen LogP contribution < -0.4 is 10.1 Å². The number of nitrogens with one attached hydrogen (secondary N) is 1. The average Bonchev–Trinajstić information content (AvgIpc) is 3.21. The number of halogens is 2. The van der Waals surface area contributed by atoms with Crippen LogP contribution in [0.5, 0.6) is 5.75 Å². The van der Waals surface area contributed by atoms with Crippen LogP contribution in [0.4, 0.5) is 8.78 Å². The lowest BCUT2D eigenvalue weighted by Gasteiger charge is -2.15. The summed E-state index contributed by atoms with van der Waals surface area (Å²) in [5.74, 6) is 0.333. The number of carbonyl (C=O) groups is 1. The minimum absolute atomic E-state index is 0.0397. The van der Waals surface area contributed by atoms with Crippen LogP contribution in [0.3, 0.4) is 0 Å². The Morgan fingerprint density at radius 3 is 2.47 bits per heavy atom. The first kappa shape index (κ1) is 21.8. The maximum atomic E-state index is 12.4. The van der Waals surface area contributed by atoms with Gasteiger partial charge in [0.25, 0.3) is 5.22 Å². The van der Waals surface area contributed by atoms with Crippen molar-refractivity contribution in [3.05, 3.63) is 60.2 Å². The van der Waals surface area contributed by atoms with Crippen molar-refractivity contribution in [1.82, 2.24) is 15.5 Å². The zero-order valence-electron chi connectivity index (χ0n) is 16.4. The Labute approximate surface area is 177 Å². The van der Waals surface area contributed by atoms with Gasteiger partial charge in [-0.15, -0.1) is 10.2 Å². The second-order valence-electron chi connectivity index (χ2n) is 6.59. The van der Waals surface area contributed by atoms with E-state index in [0.717, 1.165) is 17.3 Å². The number of ether oxygens (including phenoxy) is 1. The van der Waals surface area contributed by atoms with Crippen LogP contribution in [0.2, 0.25) is 0 Å². The molecular formula is C21H21F2N3O3S. The predicted molar refractivity (Wildman–Crippen MR) is 110 cm³/mol. The number of hydrogen-bond acceptors (Lipinski definition) is 6. The highest BCUT2D eigenvalue weighted by molar-refractivity contribution is 8.00. The summed E-state index contributed by atoms with van der Waals surface area (Å²) in [6.07, 6.45) is 0. The van der Waals surface area contributed by atoms with Crippen LogP contribution in [-0.4, -0.2) is 34.5 Å². The van der Waals surface area contributed by atoms with E-state index in [-0.39, 0.29) is 28.7 Å². The van der Waals surface area contributed by atoms with E-state index in [9.17, 15) is 13.6 Å². The van der Waals surface area contributed by atoms with Gasteiger partial charge < -0.3 is 14.5 Å². The molecule has 6 nitrogen and oxygen atoms in total. The molecule has 3 rings (SSSR count). The molecule has 0 saturated heterocycles. The van der Waals surface area contributed by atoms with Crippen LogP contribution in [0.1, 0.15) is 25.3 Å². The second-order valence-corrected chi connectivity index (χ2v) is 7.89. The Kier molecular flexibility index (Phi) is 7.40. The van der Waals surface area contributed by atoms with Crippen LogP contribution in [0.25, 0.3) is 11.5 Å². The summed E-state index contributed by atoms with van der Waals surface area (Å²) in [6, 6.07) is 15.8. The Morgan fingerprint density at radius 2 is 1.80 bits per heavy atom. The number of aromatic nitrogens is 2. The van der Waals surface area contributed by atoms with Crippen molar-refractivity contribution in [2.75, 3.05) is 6.54 Å². The highest BCUT2D eigenvalue weighted by Gasteiger charge is 2.19. The van der Waals surface area contributed by atoms with Crippen molar-refractivity contribution in [2.45, 2.75) is 36.8 Å². The molecule has 0 aliphatic heterocycles. The molecule has 2 unspecified atom stereocenters. The number of amides is 1. The molecule has 30 heavy (non-hydrogen) atoms. The third-order valence-corrected chi connectivity index (χ3v) is 5.27. The van der Waals surface area contributed by atoms with Crippen molar-refractivity contribution in [1.29, 1.82) is 0 Å². The second kappa shape index (κ2) is 10.2. The lowest BCUT2D eigenvalue weighted by Crippen LogP contribution is -2.33. The fourth-order valence-electron chi connectivity index (χ4n) is 2.65. The summed E-state index contributed by atoms with van der Waals surface area (Å²) in [6.45, 7) is 1.45. The molecule has 0 fully saturated rings. The van der Waals surface area contributed by atoms with Gasteiger partial charge in [-0.1, -0.05) is 49.0 Å². The lowest BCUT2D eigenvalue weighted by molar-refractivity contribution is -0.120. The maximum Gasteiger partial charge on any atom is 0.387 e. The fourth-order valence-corrected chi connectivity index (χ4v) is 3.36. The number of thioether (sulfide) groups is 1. The van der Waals surface area contributed by atoms with Gasteiger partial charge in [0, 0.05) is 12.1 Å². The molecule has 0 radical (unpaired) electrons. The van der Waals surface area contributed by atoms with Gasteiger partial charge in [-0.3, -0.25) is 4.79 Å². The first-order valence-corrected chi connectivity index (χ1v) is 10.2. The molecule has 0 aliphatic carbocycles. The van der Waals surface area contributed by atoms with E-state index in [1.807, 2.05) is 30.3 Å². The zero-order chi connectivity index (χ0) is 21.5. The molecule has 2 aromatic carbocycles. The molecule has 1 amide bonds. The van der Waals surface area contributed by atoms with Gasteiger partial charge in [0.05, 0.1) is 5.25 Å². The number of alkyl halides is 2. The quantitative estimate of drug-likeness (QED) is 0.491. The summed E-state index contributed by atoms with van der Waals surface area (Å²) in [5, 5.41) is 10.6. The molecule has 0 saturated carbocycles. The van der Waals surface area contributed by atoms with E-state index in [2.05, 4.69) is 27.2 Å². The summed E-state index contributed by atoms with van der Waals surface area (Å²) in [5.41, 5.74) is 1.72. The molecule has 0 bridgehead atoms. The van der Waals surface area contributed by atoms with Crippen LogP contribution in [-0.2, 0) is 4.79 Å². The van der Waals surface area contributed by atoms with E-state index >= 15 is 0 Å². The molecular weight excluding hydrogens is 412 g/mol. The largest absolute Gasteiger partial charge is 0.435 e. The molecule has 9 heteroatoms. The molecule has 1 aromatic heterocycles. The minimum atomic E-state index is -2.88. The number of hydrogen-bond donors (Lipinski definition) is 1. The van der Waals surface area contributed by atoms with Crippen LogP contribution in [0, 0.1) is 0 Å². The van der Waals surface area contributed by atoms with Gasteiger partial charge in [0.2, 0.25) is 11.8 Å². The topological polar surface area (TPSA) is 77.2 Å². The molecule has 0 spiro atoms. The van der Waals surface area contributed by atoms with Crippen molar-refractivity contribution in [3.63, 3.8) is 0 Å². The molecule has 0 aliphatic rings. The summed E-state index contributed by atoms with van der Waals surface area (Å²) >= 11 is 1.15. The van der Waals surface area contributed by atoms with Gasteiger partial charge in [-0.25, -0.2) is 0 Å². The number of benzene rings is 2. The van der Waals surface area contributed by atoms with E-state index in [0.29, 0.717) is 12.1 Å². The number of nitrogens with zero attached hydrogens (tertiary/aromatic N) is 2. The first-order chi connectivity index (χ1) is 14.4. The Balaban J connectivity index is 1.52. The number of rotatable bonds is 9. The first-order valence-electron chi connectivity index (χ1n) is 9.30. The Morgan fingerprint density at radius 1 is 1.10 bits per heavy atom. The smallest absolute Gasteiger partial charge is 0.387 e. The van der Waals surface area contributed by atoms with Crippen molar-refractivity contribution in [2.24, 2.45) is 0 Å². The normalized spacial score (nSPS) is 13.1. The summed E-state index contributed by atoms with van der Waals surface area (Å²) in [4.78, 5) is 12.4. The van der Waals surface area contributed by atoms with Crippen molar-refractivity contribution < 1.29 is 22.7 Å². The Bertz CT molecular complexity index is 952. The third-order valence-electron chi connectivity index (χ3n) is 4.33. The van der Waals surface area contributed by atoms with Crippen molar-refractivity contribution in [3.8, 4) is 17.2 Å². The molecule has 1 heterocycles. The average molecular weight is 433 g/mol. The predicted octanol–water partition coefficient (Wildman–Crippen LogP) is 4.74. The third kappa shape index (κ3) is 6.03. The van der Waals surface area contributed by atoms with Crippen LogP contribution >= 0.6 is 11.8 Å². The lowest BCUT2D eigenvalue weighted by atomic mass is 10.0. The molecule has 1 N–H and O–H groups in total. The fraction of sp³-hybridized carbons (Fsp3) is 0.286. The SMILES string of the molecule is CC(Sc1nnc(-c2ccc(OC(F)F)cc2)o1)C(=O)NCC(C)c1ccccc1. The monoisotopic (exact) mass is 433 g/mol. The van der Waals surface area contributed by atoms with E-state index in [1.165, 1.54) is 12.1 Å². The summed E-state index contributed by atoms with van der Waals surface area (Å²) in [7, 11) is 0. The van der Waals surface area contributed by atoms with Gasteiger partial charge in [-0.2, -0.15) is 8.78 Å². The van der Waals surface area contributed by atoms with E-state index in [4.69, 9.17) is 4.42 Å². The highest BCUT2D eigenvalue weighted by Crippen LogP contribution is 2.27. The highest BCUT2D eigenvalue weighted by atomic mass is 32.2. The van der Waals surface area contributed by atoms with Crippen molar-refractivity contribution >= 4 is 17.7 Å². The maximum absolute atomic E-state index is 12.4. The molecule has 158 valence electrons. The molecule has 3 aromatic rings. The summed E-state index contributed by atoms with van der Waals surface area (Å²) < 4.78 is 34.3. The number of carbonyl (C=O) groups excluding carboxylic acids is 1. The van der Waals surface area contributed by atoms with Gasteiger partial charge in [-0.05, 0) is 42.7 Å². The zero-order valence-corrected chi connectivity index (χ0v) is 17.2. The van der Waals surface area contributed by atoms with E-state index in [1.54, 1.807) is 19.1 Å². The van der Waals surface area contributed by atoms with Gasteiger partial charge in [0.1, 0.15) is 5.75 Å². The standard InChI is InChI=1S/C21H21F2N3O3S/c1-13(15-6-4-3-5-7-15)12-24-18(27)14(2)30-21-26-25-19(29-21)16-8-10-17(11-9-16)28-20(22)23/h3-11,13-14,20H,12H2,1-2H3,(H,24,27). The van der Waals surface area contributed by atoms with E-state index < -0.39 is 11.9 Å².